The van der Waals surface area contributed by atoms with Crippen LogP contribution in [0.1, 0.15) is 78.1 Å². The molecule has 0 aliphatic heterocycles. The smallest absolute Gasteiger partial charge is 0.0571 e. The minimum atomic E-state index is -0.0433. The summed E-state index contributed by atoms with van der Waals surface area (Å²) in [5, 5.41) is 10.5. The van der Waals surface area contributed by atoms with Crippen molar-refractivity contribution in [1.82, 2.24) is 0 Å². The monoisotopic (exact) mass is 296 g/mol. The molecular formula is C19H36O2. The summed E-state index contributed by atoms with van der Waals surface area (Å²) < 4.78 is 5.44. The molecule has 0 amide bonds. The zero-order valence-corrected chi connectivity index (χ0v) is 14.4. The molecule has 0 aromatic rings. The number of aliphatic hydroxyl groups is 1. The van der Waals surface area contributed by atoms with E-state index in [0.29, 0.717) is 12.0 Å². The molecule has 124 valence electrons. The van der Waals surface area contributed by atoms with Crippen molar-refractivity contribution in [3.05, 3.63) is 0 Å². The van der Waals surface area contributed by atoms with Crippen LogP contribution in [0.25, 0.3) is 0 Å². The predicted octanol–water partition coefficient (Wildman–Crippen LogP) is 4.80. The number of hydrogen-bond acceptors (Lipinski definition) is 2. The third kappa shape index (κ3) is 5.25. The molecule has 0 saturated heterocycles. The topological polar surface area (TPSA) is 29.5 Å². The van der Waals surface area contributed by atoms with Crippen LogP contribution in [0.3, 0.4) is 0 Å². The fourth-order valence-electron chi connectivity index (χ4n) is 4.49. The Balaban J connectivity index is 1.63. The third-order valence-electron chi connectivity index (χ3n) is 6.30. The van der Waals surface area contributed by atoms with Crippen LogP contribution in [-0.2, 0) is 4.74 Å². The number of rotatable bonds is 6. The maximum Gasteiger partial charge on any atom is 0.0571 e. The zero-order valence-electron chi connectivity index (χ0n) is 14.4. The van der Waals surface area contributed by atoms with Gasteiger partial charge in [0.05, 0.1) is 12.2 Å². The third-order valence-corrected chi connectivity index (χ3v) is 6.30. The number of ether oxygens (including phenoxy) is 1. The van der Waals surface area contributed by atoms with E-state index >= 15 is 0 Å². The maximum atomic E-state index is 10.5. The van der Waals surface area contributed by atoms with Crippen molar-refractivity contribution in [1.29, 1.82) is 0 Å². The van der Waals surface area contributed by atoms with Gasteiger partial charge in [-0.25, -0.2) is 0 Å². The quantitative estimate of drug-likeness (QED) is 0.763. The number of aliphatic hydroxyl groups excluding tert-OH is 1. The molecule has 2 rings (SSSR count). The molecule has 2 nitrogen and oxygen atoms in total. The van der Waals surface area contributed by atoms with Crippen LogP contribution in [0.15, 0.2) is 0 Å². The van der Waals surface area contributed by atoms with Gasteiger partial charge in [0.25, 0.3) is 0 Å². The first-order chi connectivity index (χ1) is 10.1. The Labute approximate surface area is 131 Å². The minimum Gasteiger partial charge on any atom is -0.393 e. The fraction of sp³-hybridized carbons (Fsp3) is 1.00. The van der Waals surface area contributed by atoms with Gasteiger partial charge in [-0.05, 0) is 87.9 Å². The molecule has 1 N–H and O–H groups in total. The van der Waals surface area contributed by atoms with E-state index in [4.69, 9.17) is 4.74 Å². The summed E-state index contributed by atoms with van der Waals surface area (Å²) in [5.41, 5.74) is 0. The highest BCUT2D eigenvalue weighted by Crippen LogP contribution is 2.37. The van der Waals surface area contributed by atoms with Crippen LogP contribution in [0.4, 0.5) is 0 Å². The van der Waals surface area contributed by atoms with Crippen LogP contribution in [0, 0.1) is 23.7 Å². The van der Waals surface area contributed by atoms with Gasteiger partial charge in [0.2, 0.25) is 0 Å². The second kappa shape index (κ2) is 8.53. The molecule has 2 saturated carbocycles. The average molecular weight is 296 g/mol. The molecule has 0 radical (unpaired) electrons. The van der Waals surface area contributed by atoms with E-state index in [2.05, 4.69) is 13.8 Å². The van der Waals surface area contributed by atoms with Crippen LogP contribution >= 0.6 is 0 Å². The highest BCUT2D eigenvalue weighted by Gasteiger charge is 2.28. The van der Waals surface area contributed by atoms with Gasteiger partial charge < -0.3 is 9.84 Å². The molecule has 0 bridgehead atoms. The van der Waals surface area contributed by atoms with Crippen molar-refractivity contribution in [2.45, 2.75) is 90.3 Å². The van der Waals surface area contributed by atoms with Crippen LogP contribution in [-0.4, -0.2) is 24.4 Å². The summed E-state index contributed by atoms with van der Waals surface area (Å²) in [6, 6.07) is 0. The number of hydrogen-bond donors (Lipinski definition) is 1. The first kappa shape index (κ1) is 17.3. The van der Waals surface area contributed by atoms with E-state index in [0.717, 1.165) is 24.2 Å². The predicted molar refractivity (Wildman–Crippen MR) is 88.3 cm³/mol. The Kier molecular flexibility index (Phi) is 7.01. The SMILES string of the molecule is COC1CCC(CCC(O)C2CCC(C(C)C)CC2)CC1. The van der Waals surface area contributed by atoms with Crippen molar-refractivity contribution in [2.24, 2.45) is 23.7 Å². The lowest BCUT2D eigenvalue weighted by molar-refractivity contribution is 0.0388. The summed E-state index contributed by atoms with van der Waals surface area (Å²) in [6.45, 7) is 4.69. The summed E-state index contributed by atoms with van der Waals surface area (Å²) in [5.74, 6) is 3.13. The summed E-state index contributed by atoms with van der Waals surface area (Å²) >= 11 is 0. The molecule has 1 atom stereocenters. The summed E-state index contributed by atoms with van der Waals surface area (Å²) in [4.78, 5) is 0. The van der Waals surface area contributed by atoms with Gasteiger partial charge in [0, 0.05) is 7.11 Å². The summed E-state index contributed by atoms with van der Waals surface area (Å²) in [6.07, 6.45) is 12.9. The van der Waals surface area contributed by atoms with Crippen LogP contribution in [0.2, 0.25) is 0 Å². The molecule has 21 heavy (non-hydrogen) atoms. The average Bonchev–Trinajstić information content (AvgIpc) is 2.53. The van der Waals surface area contributed by atoms with E-state index < -0.39 is 0 Å². The first-order valence-corrected chi connectivity index (χ1v) is 9.31. The largest absolute Gasteiger partial charge is 0.393 e. The van der Waals surface area contributed by atoms with Gasteiger partial charge in [0.1, 0.15) is 0 Å². The Hall–Kier alpha value is -0.0800. The van der Waals surface area contributed by atoms with Crippen molar-refractivity contribution >= 4 is 0 Å². The van der Waals surface area contributed by atoms with Gasteiger partial charge in [-0.15, -0.1) is 0 Å². The Bertz CT molecular complexity index is 273. The second-order valence-corrected chi connectivity index (χ2v) is 7.94. The lowest BCUT2D eigenvalue weighted by atomic mass is 9.74. The van der Waals surface area contributed by atoms with E-state index in [-0.39, 0.29) is 6.10 Å². The molecule has 2 fully saturated rings. The summed E-state index contributed by atoms with van der Waals surface area (Å²) in [7, 11) is 1.84. The van der Waals surface area contributed by atoms with Crippen molar-refractivity contribution < 1.29 is 9.84 Å². The van der Waals surface area contributed by atoms with E-state index in [1.54, 1.807) is 0 Å². The van der Waals surface area contributed by atoms with Gasteiger partial charge in [-0.2, -0.15) is 0 Å². The Morgan fingerprint density at radius 3 is 2.00 bits per heavy atom. The number of methoxy groups -OCH3 is 1. The van der Waals surface area contributed by atoms with Gasteiger partial charge in [-0.3, -0.25) is 0 Å². The standard InChI is InChI=1S/C19H36O2/c1-14(2)16-7-9-17(10-8-16)19(20)13-6-15-4-11-18(21-3)12-5-15/h14-20H,4-13H2,1-3H3. The molecule has 0 aromatic carbocycles. The molecular weight excluding hydrogens is 260 g/mol. The van der Waals surface area contributed by atoms with Gasteiger partial charge in [0.15, 0.2) is 0 Å². The van der Waals surface area contributed by atoms with Crippen LogP contribution in [0.5, 0.6) is 0 Å². The van der Waals surface area contributed by atoms with Crippen LogP contribution < -0.4 is 0 Å². The first-order valence-electron chi connectivity index (χ1n) is 9.31. The van der Waals surface area contributed by atoms with Gasteiger partial charge >= 0.3 is 0 Å². The molecule has 0 spiro atoms. The van der Waals surface area contributed by atoms with E-state index in [1.807, 2.05) is 7.11 Å². The second-order valence-electron chi connectivity index (χ2n) is 7.94. The molecule has 2 aliphatic carbocycles. The fourth-order valence-corrected chi connectivity index (χ4v) is 4.49. The molecule has 1 unspecified atom stereocenters. The maximum absolute atomic E-state index is 10.5. The molecule has 0 heterocycles. The molecule has 2 aliphatic rings. The lowest BCUT2D eigenvalue weighted by Gasteiger charge is -2.34. The highest BCUT2D eigenvalue weighted by molar-refractivity contribution is 4.80. The van der Waals surface area contributed by atoms with E-state index in [9.17, 15) is 5.11 Å². The van der Waals surface area contributed by atoms with Gasteiger partial charge in [-0.1, -0.05) is 13.8 Å². The molecule has 0 aromatic heterocycles. The van der Waals surface area contributed by atoms with E-state index in [1.165, 1.54) is 57.8 Å². The Morgan fingerprint density at radius 2 is 1.48 bits per heavy atom. The molecule has 2 heteroatoms. The highest BCUT2D eigenvalue weighted by atomic mass is 16.5. The van der Waals surface area contributed by atoms with Crippen molar-refractivity contribution in [2.75, 3.05) is 7.11 Å². The Morgan fingerprint density at radius 1 is 0.905 bits per heavy atom. The zero-order chi connectivity index (χ0) is 15.2. The van der Waals surface area contributed by atoms with Crippen molar-refractivity contribution in [3.63, 3.8) is 0 Å². The lowest BCUT2D eigenvalue weighted by Crippen LogP contribution is -2.28. The van der Waals surface area contributed by atoms with Crippen molar-refractivity contribution in [3.8, 4) is 0 Å². The minimum absolute atomic E-state index is 0.0433. The normalized spacial score (nSPS) is 35.9.